The largest absolute Gasteiger partial charge is 0.490 e. The maximum absolute atomic E-state index is 12.4. The Labute approximate surface area is 147 Å². The number of hydrogen-bond acceptors (Lipinski definition) is 3. The number of nitrogens with zero attached hydrogens (tertiary/aromatic N) is 1. The molecule has 3 rings (SSSR count). The molecule has 0 amide bonds. The smallest absolute Gasteiger partial charge is 0.236 e. The highest BCUT2D eigenvalue weighted by Gasteiger charge is 2.24. The number of sulfonamides is 1. The predicted molar refractivity (Wildman–Crippen MR) is 95.6 cm³/mol. The van der Waals surface area contributed by atoms with Crippen molar-refractivity contribution in [1.82, 2.24) is 4.31 Å². The summed E-state index contributed by atoms with van der Waals surface area (Å²) in [5.41, 5.74) is 2.12. The molecule has 0 atom stereocenters. The molecule has 0 spiro atoms. The highest BCUT2D eigenvalue weighted by molar-refractivity contribution is 7.92. The van der Waals surface area contributed by atoms with E-state index in [9.17, 15) is 8.42 Å². The van der Waals surface area contributed by atoms with E-state index in [0.29, 0.717) is 30.3 Å². The van der Waals surface area contributed by atoms with Gasteiger partial charge in [0.25, 0.3) is 0 Å². The molecular formula is C18H18ClNO3S. The van der Waals surface area contributed by atoms with Crippen molar-refractivity contribution in [3.8, 4) is 5.75 Å². The maximum atomic E-state index is 12.4. The van der Waals surface area contributed by atoms with Gasteiger partial charge in [0, 0.05) is 23.5 Å². The topological polar surface area (TPSA) is 46.6 Å². The number of fused-ring (bicyclic) bond motifs is 1. The van der Waals surface area contributed by atoms with Crippen LogP contribution in [-0.2, 0) is 23.0 Å². The number of benzene rings is 2. The summed E-state index contributed by atoms with van der Waals surface area (Å²) in [6, 6.07) is 14.9. The third-order valence-corrected chi connectivity index (χ3v) is 5.67. The third-order valence-electron chi connectivity index (χ3n) is 3.86. The van der Waals surface area contributed by atoms with Crippen molar-refractivity contribution in [3.63, 3.8) is 0 Å². The molecule has 0 bridgehead atoms. The molecule has 0 N–H and O–H groups in total. The molecule has 1 heterocycles. The monoisotopic (exact) mass is 363 g/mol. The molecule has 24 heavy (non-hydrogen) atoms. The Hall–Kier alpha value is -1.82. The zero-order valence-corrected chi connectivity index (χ0v) is 14.6. The Kier molecular flexibility index (Phi) is 5.23. The molecule has 2 aromatic carbocycles. The Balaban J connectivity index is 1.62. The van der Waals surface area contributed by atoms with Gasteiger partial charge in [-0.15, -0.1) is 0 Å². The van der Waals surface area contributed by atoms with Crippen LogP contribution >= 0.6 is 11.6 Å². The quantitative estimate of drug-likeness (QED) is 0.815. The Morgan fingerprint density at radius 2 is 1.92 bits per heavy atom. The van der Waals surface area contributed by atoms with E-state index in [1.54, 1.807) is 0 Å². The summed E-state index contributed by atoms with van der Waals surface area (Å²) in [7, 11) is -3.46. The van der Waals surface area contributed by atoms with E-state index >= 15 is 0 Å². The van der Waals surface area contributed by atoms with Gasteiger partial charge in [-0.25, -0.2) is 8.42 Å². The zero-order chi connectivity index (χ0) is 17.0. The summed E-state index contributed by atoms with van der Waals surface area (Å²) in [6.07, 6.45) is 2.22. The summed E-state index contributed by atoms with van der Waals surface area (Å²) in [5.74, 6) is 0.709. The van der Waals surface area contributed by atoms with E-state index in [2.05, 4.69) is 0 Å². The lowest BCUT2D eigenvalue weighted by Crippen LogP contribution is -2.34. The van der Waals surface area contributed by atoms with Gasteiger partial charge in [-0.1, -0.05) is 35.9 Å². The molecular weight excluding hydrogens is 346 g/mol. The molecule has 0 saturated carbocycles. The van der Waals surface area contributed by atoms with Crippen LogP contribution in [0.25, 0.3) is 0 Å². The first-order chi connectivity index (χ1) is 11.5. The fourth-order valence-electron chi connectivity index (χ4n) is 2.62. The Morgan fingerprint density at radius 3 is 2.71 bits per heavy atom. The summed E-state index contributed by atoms with van der Waals surface area (Å²) in [5, 5.41) is 1.84. The van der Waals surface area contributed by atoms with Crippen molar-refractivity contribution in [1.29, 1.82) is 0 Å². The summed E-state index contributed by atoms with van der Waals surface area (Å²) >= 11 is 6.00. The lowest BCUT2D eigenvalue weighted by Gasteiger charge is -2.27. The first kappa shape index (κ1) is 17.0. The van der Waals surface area contributed by atoms with E-state index in [-0.39, 0.29) is 6.61 Å². The average Bonchev–Trinajstić information content (AvgIpc) is 2.59. The lowest BCUT2D eigenvalue weighted by atomic mass is 10.0. The van der Waals surface area contributed by atoms with E-state index < -0.39 is 10.0 Å². The number of halogens is 1. The number of hydrogen-bond donors (Lipinski definition) is 0. The molecule has 126 valence electrons. The normalized spacial score (nSPS) is 15.4. The second-order valence-corrected chi connectivity index (χ2v) is 7.79. The van der Waals surface area contributed by atoms with Crippen LogP contribution in [-0.4, -0.2) is 25.9 Å². The number of ether oxygens (including phenoxy) is 1. The SMILES string of the molecule is O=S(=O)(C=CCOc1ccccc1)N1CCc2ccc(Cl)cc2C1. The second-order valence-electron chi connectivity index (χ2n) is 5.54. The van der Waals surface area contributed by atoms with Gasteiger partial charge in [0.15, 0.2) is 0 Å². The third kappa shape index (κ3) is 4.17. The van der Waals surface area contributed by atoms with Crippen molar-refractivity contribution in [2.75, 3.05) is 13.2 Å². The molecule has 0 radical (unpaired) electrons. The standard InChI is InChI=1S/C18H18ClNO3S/c19-17-8-7-15-9-10-20(14-16(15)13-17)24(21,22)12-4-11-23-18-5-2-1-3-6-18/h1-8,12-13H,9-11,14H2. The Bertz CT molecular complexity index is 835. The van der Waals surface area contributed by atoms with Gasteiger partial charge in [-0.05, 0) is 47.9 Å². The van der Waals surface area contributed by atoms with E-state index in [1.165, 1.54) is 15.8 Å². The van der Waals surface area contributed by atoms with Gasteiger partial charge in [0.05, 0.1) is 0 Å². The van der Waals surface area contributed by atoms with Crippen LogP contribution in [0, 0.1) is 0 Å². The molecule has 6 heteroatoms. The molecule has 2 aromatic rings. The van der Waals surface area contributed by atoms with Crippen LogP contribution in [0.2, 0.25) is 5.02 Å². The van der Waals surface area contributed by atoms with Crippen molar-refractivity contribution in [2.45, 2.75) is 13.0 Å². The van der Waals surface area contributed by atoms with Crippen molar-refractivity contribution in [3.05, 3.63) is 76.2 Å². The van der Waals surface area contributed by atoms with Gasteiger partial charge in [-0.3, -0.25) is 0 Å². The highest BCUT2D eigenvalue weighted by Crippen LogP contribution is 2.24. The molecule has 4 nitrogen and oxygen atoms in total. The van der Waals surface area contributed by atoms with E-state index in [0.717, 1.165) is 11.1 Å². The van der Waals surface area contributed by atoms with Crippen LogP contribution in [0.15, 0.2) is 60.0 Å². The summed E-state index contributed by atoms with van der Waals surface area (Å²) in [4.78, 5) is 0. The highest BCUT2D eigenvalue weighted by atomic mass is 35.5. The van der Waals surface area contributed by atoms with Gasteiger partial charge >= 0.3 is 0 Å². The molecule has 0 saturated heterocycles. The Morgan fingerprint density at radius 1 is 1.12 bits per heavy atom. The van der Waals surface area contributed by atoms with Crippen molar-refractivity contribution in [2.24, 2.45) is 0 Å². The van der Waals surface area contributed by atoms with Crippen molar-refractivity contribution >= 4 is 21.6 Å². The van der Waals surface area contributed by atoms with Crippen LogP contribution in [0.1, 0.15) is 11.1 Å². The number of rotatable bonds is 5. The molecule has 0 aliphatic carbocycles. The fraction of sp³-hybridized carbons (Fsp3) is 0.222. The zero-order valence-electron chi connectivity index (χ0n) is 13.1. The second kappa shape index (κ2) is 7.38. The minimum Gasteiger partial charge on any atom is -0.490 e. The van der Waals surface area contributed by atoms with Gasteiger partial charge in [0.2, 0.25) is 10.0 Å². The average molecular weight is 364 g/mol. The summed E-state index contributed by atoms with van der Waals surface area (Å²) in [6.45, 7) is 1.03. The fourth-order valence-corrected chi connectivity index (χ4v) is 3.98. The minimum absolute atomic E-state index is 0.208. The van der Waals surface area contributed by atoms with Crippen LogP contribution in [0.5, 0.6) is 5.75 Å². The van der Waals surface area contributed by atoms with Crippen LogP contribution in [0.4, 0.5) is 0 Å². The van der Waals surface area contributed by atoms with Crippen LogP contribution in [0.3, 0.4) is 0 Å². The summed E-state index contributed by atoms with van der Waals surface area (Å²) < 4.78 is 31.8. The molecule has 1 aliphatic rings. The minimum atomic E-state index is -3.46. The van der Waals surface area contributed by atoms with Crippen molar-refractivity contribution < 1.29 is 13.2 Å². The van der Waals surface area contributed by atoms with E-state index in [4.69, 9.17) is 16.3 Å². The lowest BCUT2D eigenvalue weighted by molar-refractivity contribution is 0.362. The molecule has 0 unspecified atom stereocenters. The first-order valence-corrected chi connectivity index (χ1v) is 9.54. The molecule has 0 aromatic heterocycles. The first-order valence-electron chi connectivity index (χ1n) is 7.66. The van der Waals surface area contributed by atoms with Gasteiger partial charge in [-0.2, -0.15) is 4.31 Å². The maximum Gasteiger partial charge on any atom is 0.236 e. The van der Waals surface area contributed by atoms with Gasteiger partial charge in [0.1, 0.15) is 12.4 Å². The number of para-hydroxylation sites is 1. The predicted octanol–water partition coefficient (Wildman–Crippen LogP) is 3.62. The molecule has 0 fully saturated rings. The molecule has 1 aliphatic heterocycles. The van der Waals surface area contributed by atoms with Crippen LogP contribution < -0.4 is 4.74 Å². The van der Waals surface area contributed by atoms with E-state index in [1.807, 2.05) is 48.5 Å². The van der Waals surface area contributed by atoms with Gasteiger partial charge < -0.3 is 4.74 Å².